The molecule has 0 unspecified atom stereocenters. The molecule has 0 spiro atoms. The third-order valence-corrected chi connectivity index (χ3v) is 2.77. The van der Waals surface area contributed by atoms with Crippen molar-refractivity contribution in [1.29, 1.82) is 0 Å². The third-order valence-electron chi connectivity index (χ3n) is 1.31. The van der Waals surface area contributed by atoms with Gasteiger partial charge < -0.3 is 9.16 Å². The Morgan fingerprint density at radius 1 is 1.25 bits per heavy atom. The van der Waals surface area contributed by atoms with E-state index in [1.165, 1.54) is 0 Å². The van der Waals surface area contributed by atoms with Crippen molar-refractivity contribution in [3.63, 3.8) is 0 Å². The topological polar surface area (TPSA) is 18.5 Å². The van der Waals surface area contributed by atoms with E-state index in [9.17, 15) is 0 Å². The molecule has 0 rings (SSSR count). The fourth-order valence-electron chi connectivity index (χ4n) is 0.791. The van der Waals surface area contributed by atoms with Crippen LogP contribution in [0.2, 0.25) is 6.55 Å². The van der Waals surface area contributed by atoms with Crippen LogP contribution in [0.15, 0.2) is 11.8 Å². The van der Waals surface area contributed by atoms with Crippen molar-refractivity contribution in [3.8, 4) is 0 Å². The standard InChI is InChI=1S/C9H19O2Si/c1-4-6-10-7-8-11-12(3)9-5-2/h5,9H,4,6-8H2,1-3H3/b9-5+. The number of allylic oxidation sites excluding steroid dienone is 1. The van der Waals surface area contributed by atoms with Gasteiger partial charge in [0.1, 0.15) is 0 Å². The molecule has 0 aromatic carbocycles. The maximum atomic E-state index is 5.52. The molecule has 0 aromatic heterocycles. The van der Waals surface area contributed by atoms with Crippen molar-refractivity contribution in [3.05, 3.63) is 11.8 Å². The number of rotatable bonds is 7. The van der Waals surface area contributed by atoms with E-state index in [2.05, 4.69) is 19.2 Å². The number of hydrogen-bond acceptors (Lipinski definition) is 2. The number of hydrogen-bond donors (Lipinski definition) is 0. The highest BCUT2D eigenvalue weighted by atomic mass is 28.3. The first kappa shape index (κ1) is 11.9. The van der Waals surface area contributed by atoms with Gasteiger partial charge in [-0.15, -0.1) is 0 Å². The molecule has 71 valence electrons. The minimum atomic E-state index is -0.688. The first-order chi connectivity index (χ1) is 5.81. The van der Waals surface area contributed by atoms with Gasteiger partial charge in [0.25, 0.3) is 0 Å². The normalized spacial score (nSPS) is 11.7. The number of ether oxygens (including phenoxy) is 1. The van der Waals surface area contributed by atoms with Crippen molar-refractivity contribution in [1.82, 2.24) is 0 Å². The summed E-state index contributed by atoms with van der Waals surface area (Å²) in [6.07, 6.45) is 3.12. The third kappa shape index (κ3) is 7.98. The van der Waals surface area contributed by atoms with Crippen LogP contribution in [-0.2, 0) is 9.16 Å². The van der Waals surface area contributed by atoms with Crippen LogP contribution in [0, 0.1) is 0 Å². The van der Waals surface area contributed by atoms with E-state index in [0.29, 0.717) is 0 Å². The van der Waals surface area contributed by atoms with E-state index in [4.69, 9.17) is 9.16 Å². The molecule has 0 amide bonds. The summed E-state index contributed by atoms with van der Waals surface area (Å²) in [6.45, 7) is 8.56. The minimum Gasteiger partial charge on any atom is -0.410 e. The molecule has 0 aliphatic carbocycles. The highest BCUT2D eigenvalue weighted by molar-refractivity contribution is 6.56. The van der Waals surface area contributed by atoms with Crippen LogP contribution in [0.1, 0.15) is 20.3 Å². The van der Waals surface area contributed by atoms with Gasteiger partial charge in [0.2, 0.25) is 9.04 Å². The van der Waals surface area contributed by atoms with Crippen molar-refractivity contribution in [2.45, 2.75) is 26.8 Å². The van der Waals surface area contributed by atoms with Crippen molar-refractivity contribution in [2.24, 2.45) is 0 Å². The van der Waals surface area contributed by atoms with Crippen LogP contribution in [0.5, 0.6) is 0 Å². The average molecular weight is 187 g/mol. The van der Waals surface area contributed by atoms with Gasteiger partial charge in [0.05, 0.1) is 13.2 Å². The van der Waals surface area contributed by atoms with Gasteiger partial charge in [-0.05, 0) is 19.9 Å². The highest BCUT2D eigenvalue weighted by Gasteiger charge is 1.98. The van der Waals surface area contributed by atoms with Crippen LogP contribution < -0.4 is 0 Å². The van der Waals surface area contributed by atoms with Gasteiger partial charge in [-0.1, -0.05) is 18.7 Å². The maximum absolute atomic E-state index is 5.52. The monoisotopic (exact) mass is 187 g/mol. The Hall–Kier alpha value is -0.123. The predicted octanol–water partition coefficient (Wildman–Crippen LogP) is 2.17. The van der Waals surface area contributed by atoms with Crippen molar-refractivity contribution >= 4 is 9.04 Å². The largest absolute Gasteiger partial charge is 0.410 e. The molecule has 0 aromatic rings. The average Bonchev–Trinajstić information content (AvgIpc) is 2.05. The SMILES string of the molecule is C/C=C/[Si](C)OCCOCCC. The van der Waals surface area contributed by atoms with E-state index >= 15 is 0 Å². The van der Waals surface area contributed by atoms with Crippen molar-refractivity contribution in [2.75, 3.05) is 19.8 Å². The smallest absolute Gasteiger partial charge is 0.235 e. The van der Waals surface area contributed by atoms with Gasteiger partial charge in [-0.3, -0.25) is 0 Å². The molecule has 0 N–H and O–H groups in total. The lowest BCUT2D eigenvalue weighted by molar-refractivity contribution is 0.101. The molecule has 0 atom stereocenters. The zero-order valence-electron chi connectivity index (χ0n) is 8.30. The van der Waals surface area contributed by atoms with Crippen LogP contribution in [0.3, 0.4) is 0 Å². The van der Waals surface area contributed by atoms with Crippen molar-refractivity contribution < 1.29 is 9.16 Å². The molecular weight excluding hydrogens is 168 g/mol. The molecule has 0 fully saturated rings. The highest BCUT2D eigenvalue weighted by Crippen LogP contribution is 1.88. The maximum Gasteiger partial charge on any atom is 0.235 e. The summed E-state index contributed by atoms with van der Waals surface area (Å²) in [7, 11) is -0.688. The zero-order chi connectivity index (χ0) is 9.23. The second-order valence-corrected chi connectivity index (χ2v) is 4.41. The Bertz CT molecular complexity index is 115. The summed E-state index contributed by atoms with van der Waals surface area (Å²) >= 11 is 0. The minimum absolute atomic E-state index is 0.688. The Morgan fingerprint density at radius 3 is 2.58 bits per heavy atom. The summed E-state index contributed by atoms with van der Waals surface area (Å²) in [5.41, 5.74) is 2.13. The first-order valence-electron chi connectivity index (χ1n) is 4.48. The Balaban J connectivity index is 3.08. The van der Waals surface area contributed by atoms with Gasteiger partial charge in [-0.25, -0.2) is 0 Å². The van der Waals surface area contributed by atoms with E-state index in [1.54, 1.807) is 0 Å². The fraction of sp³-hybridized carbons (Fsp3) is 0.778. The molecule has 3 heteroatoms. The van der Waals surface area contributed by atoms with E-state index in [-0.39, 0.29) is 0 Å². The Morgan fingerprint density at radius 2 is 2.00 bits per heavy atom. The molecule has 0 bridgehead atoms. The summed E-state index contributed by atoms with van der Waals surface area (Å²) in [5, 5.41) is 0. The molecule has 0 aliphatic heterocycles. The summed E-state index contributed by atoms with van der Waals surface area (Å²) in [5.74, 6) is 0. The predicted molar refractivity (Wildman–Crippen MR) is 53.5 cm³/mol. The second-order valence-electron chi connectivity index (χ2n) is 2.57. The lowest BCUT2D eigenvalue weighted by atomic mass is 10.5. The summed E-state index contributed by atoms with van der Waals surface area (Å²) in [6, 6.07) is 0. The molecule has 0 saturated carbocycles. The van der Waals surface area contributed by atoms with Crippen LogP contribution in [0.25, 0.3) is 0 Å². The molecule has 2 nitrogen and oxygen atoms in total. The second kappa shape index (κ2) is 8.97. The molecular formula is C9H19O2Si. The van der Waals surface area contributed by atoms with Gasteiger partial charge >= 0.3 is 0 Å². The molecule has 1 radical (unpaired) electrons. The Kier molecular flexibility index (Phi) is 8.88. The molecule has 12 heavy (non-hydrogen) atoms. The lowest BCUT2D eigenvalue weighted by Crippen LogP contribution is -2.14. The van der Waals surface area contributed by atoms with Crippen LogP contribution >= 0.6 is 0 Å². The first-order valence-corrected chi connectivity index (χ1v) is 6.46. The molecule has 0 heterocycles. The van der Waals surface area contributed by atoms with Gasteiger partial charge in [-0.2, -0.15) is 0 Å². The summed E-state index contributed by atoms with van der Waals surface area (Å²) in [4.78, 5) is 0. The van der Waals surface area contributed by atoms with E-state index in [1.807, 2.05) is 13.0 Å². The molecule has 0 aliphatic rings. The Labute approximate surface area is 77.3 Å². The van der Waals surface area contributed by atoms with E-state index in [0.717, 1.165) is 26.2 Å². The van der Waals surface area contributed by atoms with Crippen LogP contribution in [-0.4, -0.2) is 28.9 Å². The van der Waals surface area contributed by atoms with Crippen LogP contribution in [0.4, 0.5) is 0 Å². The van der Waals surface area contributed by atoms with E-state index < -0.39 is 9.04 Å². The zero-order valence-corrected chi connectivity index (χ0v) is 9.30. The molecule has 0 saturated heterocycles. The quantitative estimate of drug-likeness (QED) is 0.449. The lowest BCUT2D eigenvalue weighted by Gasteiger charge is -2.06. The summed E-state index contributed by atoms with van der Waals surface area (Å²) < 4.78 is 10.8. The van der Waals surface area contributed by atoms with Gasteiger partial charge in [0.15, 0.2) is 0 Å². The fourth-order valence-corrected chi connectivity index (χ4v) is 1.76. The van der Waals surface area contributed by atoms with Gasteiger partial charge in [0, 0.05) is 6.61 Å².